The molecule has 1 N–H and O–H groups in total. The average molecular weight is 252 g/mol. The maximum Gasteiger partial charge on any atom is 0.328 e. The van der Waals surface area contributed by atoms with E-state index in [0.717, 1.165) is 18.9 Å². The van der Waals surface area contributed by atoms with Gasteiger partial charge in [0.2, 0.25) is 0 Å². The number of carbonyl (C=O) groups excluding carboxylic acids is 2. The fourth-order valence-electron chi connectivity index (χ4n) is 1.57. The lowest BCUT2D eigenvalue weighted by Gasteiger charge is -2.17. The summed E-state index contributed by atoms with van der Waals surface area (Å²) in [5.41, 5.74) is 0. The third-order valence-electron chi connectivity index (χ3n) is 2.65. The maximum atomic E-state index is 11.6. The Kier molecular flexibility index (Phi) is 9.64. The molecule has 0 saturated carbocycles. The van der Waals surface area contributed by atoms with Crippen LogP contribution < -0.4 is 5.32 Å². The van der Waals surface area contributed by atoms with Gasteiger partial charge in [0.15, 0.2) is 0 Å². The molecule has 0 rings (SSSR count). The third-order valence-corrected chi connectivity index (χ3v) is 2.65. The fourth-order valence-corrected chi connectivity index (χ4v) is 1.57. The smallest absolute Gasteiger partial charge is 0.301 e. The number of carbonyl (C=O) groups is 2. The van der Waals surface area contributed by atoms with Crippen LogP contribution in [0.4, 0.5) is 4.79 Å². The van der Waals surface area contributed by atoms with E-state index in [1.807, 2.05) is 0 Å². The monoisotopic (exact) mass is 252 g/mol. The quantitative estimate of drug-likeness (QED) is 0.506. The van der Waals surface area contributed by atoms with Crippen molar-refractivity contribution in [3.05, 3.63) is 25.4 Å². The maximum absolute atomic E-state index is 11.6. The molecular formula is C14H24N2O2. The van der Waals surface area contributed by atoms with Crippen molar-refractivity contribution in [3.63, 3.8) is 0 Å². The molecule has 0 atom stereocenters. The molecule has 0 aliphatic heterocycles. The largest absolute Gasteiger partial charge is 0.328 e. The normalized spacial score (nSPS) is 9.61. The standard InChI is InChI=1S/C14H24N2O2/c1-4-7-8-9-10-11-12-16(6-3)14(18)15-13(17)5-2/h5-6H,2-4,7-12H2,1H3,(H,15,17,18). The van der Waals surface area contributed by atoms with E-state index in [2.05, 4.69) is 25.4 Å². The molecule has 0 aromatic rings. The first-order valence-corrected chi connectivity index (χ1v) is 6.52. The Bertz CT molecular complexity index is 288. The molecule has 0 aliphatic carbocycles. The van der Waals surface area contributed by atoms with Crippen molar-refractivity contribution >= 4 is 11.9 Å². The highest BCUT2D eigenvalue weighted by molar-refractivity contribution is 6.00. The summed E-state index contributed by atoms with van der Waals surface area (Å²) in [6, 6.07) is -0.441. The first-order valence-electron chi connectivity index (χ1n) is 6.52. The van der Waals surface area contributed by atoms with Crippen molar-refractivity contribution in [2.45, 2.75) is 45.4 Å². The second-order valence-corrected chi connectivity index (χ2v) is 4.14. The number of hydrogen-bond acceptors (Lipinski definition) is 2. The number of urea groups is 1. The molecule has 4 nitrogen and oxygen atoms in total. The summed E-state index contributed by atoms with van der Waals surface area (Å²) in [6.07, 6.45) is 9.45. The lowest BCUT2D eigenvalue weighted by Crippen LogP contribution is -2.39. The summed E-state index contributed by atoms with van der Waals surface area (Å²) in [7, 11) is 0. The molecule has 0 aliphatic rings. The van der Waals surface area contributed by atoms with Gasteiger partial charge in [-0.1, -0.05) is 52.2 Å². The minimum atomic E-state index is -0.491. The predicted octanol–water partition coefficient (Wildman–Crippen LogP) is 3.21. The van der Waals surface area contributed by atoms with Crippen molar-refractivity contribution < 1.29 is 9.59 Å². The summed E-state index contributed by atoms with van der Waals surface area (Å²) in [5.74, 6) is -0.491. The lowest BCUT2D eigenvalue weighted by molar-refractivity contribution is -0.115. The molecule has 0 aromatic heterocycles. The van der Waals surface area contributed by atoms with Crippen molar-refractivity contribution in [2.75, 3.05) is 6.54 Å². The Morgan fingerprint density at radius 1 is 1.11 bits per heavy atom. The van der Waals surface area contributed by atoms with Crippen molar-refractivity contribution in [3.8, 4) is 0 Å². The first kappa shape index (κ1) is 16.4. The van der Waals surface area contributed by atoms with E-state index >= 15 is 0 Å². The van der Waals surface area contributed by atoms with Crippen LogP contribution in [-0.2, 0) is 4.79 Å². The lowest BCUT2D eigenvalue weighted by atomic mass is 10.1. The van der Waals surface area contributed by atoms with Gasteiger partial charge in [-0.05, 0) is 12.5 Å². The minimum Gasteiger partial charge on any atom is -0.301 e. The van der Waals surface area contributed by atoms with Crippen LogP contribution in [0.5, 0.6) is 0 Å². The predicted molar refractivity (Wildman–Crippen MR) is 74.0 cm³/mol. The van der Waals surface area contributed by atoms with Gasteiger partial charge < -0.3 is 4.90 Å². The zero-order chi connectivity index (χ0) is 13.8. The van der Waals surface area contributed by atoms with Crippen LogP contribution >= 0.6 is 0 Å². The molecule has 0 unspecified atom stereocenters. The Hall–Kier alpha value is -1.58. The van der Waals surface area contributed by atoms with E-state index in [1.54, 1.807) is 0 Å². The van der Waals surface area contributed by atoms with E-state index in [4.69, 9.17) is 0 Å². The summed E-state index contributed by atoms with van der Waals surface area (Å²) >= 11 is 0. The molecule has 0 fully saturated rings. The number of nitrogens with zero attached hydrogens (tertiary/aromatic N) is 1. The molecule has 0 heterocycles. The highest BCUT2D eigenvalue weighted by Crippen LogP contribution is 2.06. The highest BCUT2D eigenvalue weighted by Gasteiger charge is 2.11. The van der Waals surface area contributed by atoms with E-state index < -0.39 is 11.9 Å². The van der Waals surface area contributed by atoms with Crippen LogP contribution in [0.3, 0.4) is 0 Å². The number of nitrogens with one attached hydrogen (secondary N) is 1. The zero-order valence-electron chi connectivity index (χ0n) is 11.3. The molecule has 0 saturated heterocycles. The van der Waals surface area contributed by atoms with Gasteiger partial charge in [-0.25, -0.2) is 4.79 Å². The second kappa shape index (κ2) is 10.6. The van der Waals surface area contributed by atoms with Crippen LogP contribution in [0.25, 0.3) is 0 Å². The number of unbranched alkanes of at least 4 members (excludes halogenated alkanes) is 5. The first-order chi connectivity index (χ1) is 8.65. The van der Waals surface area contributed by atoms with E-state index in [1.165, 1.54) is 36.8 Å². The van der Waals surface area contributed by atoms with Gasteiger partial charge in [-0.3, -0.25) is 10.1 Å². The van der Waals surface area contributed by atoms with Crippen molar-refractivity contribution in [2.24, 2.45) is 0 Å². The SMILES string of the molecule is C=CC(=O)NC(=O)N(C=C)CCCCCCCC. The molecule has 0 radical (unpaired) electrons. The van der Waals surface area contributed by atoms with E-state index in [-0.39, 0.29) is 0 Å². The summed E-state index contributed by atoms with van der Waals surface area (Å²) in [4.78, 5) is 24.0. The molecule has 0 aromatic carbocycles. The highest BCUT2D eigenvalue weighted by atomic mass is 16.2. The topological polar surface area (TPSA) is 49.4 Å². The van der Waals surface area contributed by atoms with Crippen LogP contribution in [0, 0.1) is 0 Å². The number of hydrogen-bond donors (Lipinski definition) is 1. The summed E-state index contributed by atoms with van der Waals surface area (Å²) < 4.78 is 0. The van der Waals surface area contributed by atoms with Crippen LogP contribution in [0.15, 0.2) is 25.4 Å². The molecule has 0 spiro atoms. The minimum absolute atomic E-state index is 0.441. The number of imide groups is 1. The molecule has 4 heteroatoms. The van der Waals surface area contributed by atoms with Gasteiger partial charge in [0, 0.05) is 12.7 Å². The van der Waals surface area contributed by atoms with Crippen molar-refractivity contribution in [1.29, 1.82) is 0 Å². The van der Waals surface area contributed by atoms with Crippen LogP contribution in [-0.4, -0.2) is 23.4 Å². The molecule has 0 bridgehead atoms. The Morgan fingerprint density at radius 2 is 1.72 bits per heavy atom. The van der Waals surface area contributed by atoms with Gasteiger partial charge in [0.1, 0.15) is 0 Å². The Balaban J connectivity index is 3.82. The number of rotatable bonds is 9. The van der Waals surface area contributed by atoms with Crippen LogP contribution in [0.1, 0.15) is 45.4 Å². The third kappa shape index (κ3) is 7.65. The molecular weight excluding hydrogens is 228 g/mol. The molecule has 102 valence electrons. The second-order valence-electron chi connectivity index (χ2n) is 4.14. The van der Waals surface area contributed by atoms with Crippen molar-refractivity contribution in [1.82, 2.24) is 10.2 Å². The Morgan fingerprint density at radius 3 is 2.28 bits per heavy atom. The van der Waals surface area contributed by atoms with Crippen LogP contribution in [0.2, 0.25) is 0 Å². The number of amides is 3. The van der Waals surface area contributed by atoms with E-state index in [9.17, 15) is 9.59 Å². The zero-order valence-corrected chi connectivity index (χ0v) is 11.3. The summed E-state index contributed by atoms with van der Waals surface area (Å²) in [6.45, 7) is 9.64. The fraction of sp³-hybridized carbons (Fsp3) is 0.571. The summed E-state index contributed by atoms with van der Waals surface area (Å²) in [5, 5.41) is 2.20. The van der Waals surface area contributed by atoms with Gasteiger partial charge in [0.05, 0.1) is 0 Å². The van der Waals surface area contributed by atoms with Gasteiger partial charge in [-0.15, -0.1) is 0 Å². The Labute approximate surface area is 110 Å². The molecule has 18 heavy (non-hydrogen) atoms. The van der Waals surface area contributed by atoms with Gasteiger partial charge in [-0.2, -0.15) is 0 Å². The van der Waals surface area contributed by atoms with Gasteiger partial charge >= 0.3 is 6.03 Å². The van der Waals surface area contributed by atoms with Gasteiger partial charge in [0.25, 0.3) is 5.91 Å². The average Bonchev–Trinajstić information content (AvgIpc) is 2.37. The van der Waals surface area contributed by atoms with E-state index in [0.29, 0.717) is 6.54 Å². The molecule has 3 amide bonds.